The summed E-state index contributed by atoms with van der Waals surface area (Å²) in [6.07, 6.45) is 0. The average molecular weight is 272 g/mol. The van der Waals surface area contributed by atoms with Crippen molar-refractivity contribution in [2.24, 2.45) is 5.73 Å². The zero-order valence-electron chi connectivity index (χ0n) is 10.2. The van der Waals surface area contributed by atoms with Gasteiger partial charge in [-0.1, -0.05) is 18.3 Å². The van der Waals surface area contributed by atoms with Crippen molar-refractivity contribution in [1.82, 2.24) is 0 Å². The molecule has 0 atom stereocenters. The predicted molar refractivity (Wildman–Crippen MR) is 73.5 cm³/mol. The largest absolute Gasteiger partial charge is 0.395 e. The number of aliphatic hydroxyl groups is 1. The number of benzene rings is 1. The minimum atomic E-state index is -0.458. The third kappa shape index (κ3) is 3.63. The van der Waals surface area contributed by atoms with Crippen LogP contribution < -0.4 is 10.6 Å². The molecule has 0 heterocycles. The van der Waals surface area contributed by atoms with E-state index in [1.54, 1.807) is 24.1 Å². The summed E-state index contributed by atoms with van der Waals surface area (Å²) in [6.45, 7) is 1.31. The maximum absolute atomic E-state index is 13.7. The number of aliphatic hydroxyl groups excluding tert-OH is 1. The van der Waals surface area contributed by atoms with Gasteiger partial charge < -0.3 is 20.5 Å². The molecule has 0 amide bonds. The Morgan fingerprint density at radius 3 is 2.78 bits per heavy atom. The van der Waals surface area contributed by atoms with Gasteiger partial charge in [-0.2, -0.15) is 0 Å². The summed E-state index contributed by atoms with van der Waals surface area (Å²) in [7, 11) is 1.58. The number of ether oxygens (including phenoxy) is 1. The van der Waals surface area contributed by atoms with Gasteiger partial charge in [-0.3, -0.25) is 0 Å². The van der Waals surface area contributed by atoms with Crippen LogP contribution >= 0.6 is 12.2 Å². The number of thiocarbonyl (C=S) groups is 1. The Morgan fingerprint density at radius 2 is 2.22 bits per heavy atom. The van der Waals surface area contributed by atoms with Gasteiger partial charge in [0.25, 0.3) is 0 Å². The fourth-order valence-electron chi connectivity index (χ4n) is 1.70. The Hall–Kier alpha value is -1.24. The number of nitrogens with two attached hydrogens (primary N) is 1. The Bertz CT molecular complexity index is 415. The van der Waals surface area contributed by atoms with E-state index in [9.17, 15) is 4.39 Å². The first kappa shape index (κ1) is 14.8. The van der Waals surface area contributed by atoms with E-state index in [2.05, 4.69) is 0 Å². The molecule has 0 fully saturated rings. The summed E-state index contributed by atoms with van der Waals surface area (Å²) >= 11 is 4.87. The fourth-order valence-corrected chi connectivity index (χ4v) is 1.90. The van der Waals surface area contributed by atoms with Crippen molar-refractivity contribution in [2.45, 2.75) is 0 Å². The van der Waals surface area contributed by atoms with E-state index in [1.807, 2.05) is 0 Å². The lowest BCUT2D eigenvalue weighted by Crippen LogP contribution is -2.32. The monoisotopic (exact) mass is 272 g/mol. The summed E-state index contributed by atoms with van der Waals surface area (Å²) in [5.74, 6) is -0.458. The quantitative estimate of drug-likeness (QED) is 0.722. The molecule has 6 heteroatoms. The minimum absolute atomic E-state index is 0.00320. The number of halogens is 1. The molecular weight excluding hydrogens is 255 g/mol. The van der Waals surface area contributed by atoms with E-state index < -0.39 is 5.82 Å². The zero-order chi connectivity index (χ0) is 13.5. The summed E-state index contributed by atoms with van der Waals surface area (Å²) in [5, 5.41) is 9.06. The predicted octanol–water partition coefficient (Wildman–Crippen LogP) is 0.905. The molecule has 0 saturated carbocycles. The number of rotatable bonds is 7. The highest BCUT2D eigenvalue weighted by atomic mass is 32.1. The molecule has 18 heavy (non-hydrogen) atoms. The maximum atomic E-state index is 13.7. The molecule has 1 aromatic carbocycles. The van der Waals surface area contributed by atoms with Gasteiger partial charge in [-0.05, 0) is 12.1 Å². The van der Waals surface area contributed by atoms with Crippen molar-refractivity contribution in [2.75, 3.05) is 38.3 Å². The molecule has 100 valence electrons. The number of nitrogens with zero attached hydrogens (tertiary/aromatic N) is 1. The van der Waals surface area contributed by atoms with Crippen molar-refractivity contribution < 1.29 is 14.2 Å². The standard InChI is InChI=1S/C12H17FN2O2S/c1-17-8-6-15(5-7-16)10-4-2-3-9(13)11(10)12(14)18/h2-4,16H,5-8H2,1H3,(H2,14,18). The van der Waals surface area contributed by atoms with Gasteiger partial charge in [0.2, 0.25) is 0 Å². The van der Waals surface area contributed by atoms with E-state index >= 15 is 0 Å². The summed E-state index contributed by atoms with van der Waals surface area (Å²) in [5.41, 5.74) is 6.33. The van der Waals surface area contributed by atoms with Crippen molar-refractivity contribution in [3.8, 4) is 0 Å². The fraction of sp³-hybridized carbons (Fsp3) is 0.417. The molecule has 0 aromatic heterocycles. The molecule has 4 nitrogen and oxygen atoms in total. The Morgan fingerprint density at radius 1 is 1.50 bits per heavy atom. The van der Waals surface area contributed by atoms with Gasteiger partial charge in [-0.25, -0.2) is 4.39 Å². The van der Waals surface area contributed by atoms with Gasteiger partial charge in [0, 0.05) is 20.2 Å². The van der Waals surface area contributed by atoms with Gasteiger partial charge in [-0.15, -0.1) is 0 Å². The molecule has 0 aliphatic carbocycles. The molecule has 3 N–H and O–H groups in total. The van der Waals surface area contributed by atoms with Crippen LogP contribution in [0, 0.1) is 5.82 Å². The van der Waals surface area contributed by atoms with Crippen LogP contribution in [0.3, 0.4) is 0 Å². The van der Waals surface area contributed by atoms with Crippen molar-refractivity contribution in [3.63, 3.8) is 0 Å². The van der Waals surface area contributed by atoms with Crippen LogP contribution in [0.4, 0.5) is 10.1 Å². The molecule has 0 bridgehead atoms. The summed E-state index contributed by atoms with van der Waals surface area (Å²) in [4.78, 5) is 1.80. The molecule has 0 unspecified atom stereocenters. The third-order valence-corrected chi connectivity index (χ3v) is 2.72. The molecule has 0 aliphatic rings. The molecule has 0 spiro atoms. The van der Waals surface area contributed by atoms with E-state index in [0.29, 0.717) is 25.4 Å². The second kappa shape index (κ2) is 7.25. The van der Waals surface area contributed by atoms with E-state index in [4.69, 9.17) is 27.8 Å². The number of hydrogen-bond donors (Lipinski definition) is 2. The normalized spacial score (nSPS) is 10.4. The van der Waals surface area contributed by atoms with Crippen LogP contribution in [0.25, 0.3) is 0 Å². The second-order valence-corrected chi connectivity index (χ2v) is 4.14. The molecule has 0 saturated heterocycles. The number of methoxy groups -OCH3 is 1. The topological polar surface area (TPSA) is 58.7 Å². The van der Waals surface area contributed by atoms with E-state index in [-0.39, 0.29) is 17.2 Å². The summed E-state index contributed by atoms with van der Waals surface area (Å²) in [6, 6.07) is 4.62. The molecule has 1 aromatic rings. The van der Waals surface area contributed by atoms with Gasteiger partial charge in [0.15, 0.2) is 0 Å². The van der Waals surface area contributed by atoms with Crippen LogP contribution in [-0.2, 0) is 4.74 Å². The van der Waals surface area contributed by atoms with E-state index in [0.717, 1.165) is 0 Å². The van der Waals surface area contributed by atoms with Gasteiger partial charge in [0.05, 0.1) is 24.5 Å². The van der Waals surface area contributed by atoms with Crippen LogP contribution in [0.5, 0.6) is 0 Å². The lowest BCUT2D eigenvalue weighted by molar-refractivity contribution is 0.203. The highest BCUT2D eigenvalue weighted by Gasteiger charge is 2.16. The zero-order valence-corrected chi connectivity index (χ0v) is 11.0. The highest BCUT2D eigenvalue weighted by Crippen LogP contribution is 2.23. The Labute approximate surface area is 111 Å². The minimum Gasteiger partial charge on any atom is -0.395 e. The molecule has 0 radical (unpaired) electrons. The van der Waals surface area contributed by atoms with Crippen molar-refractivity contribution >= 4 is 22.9 Å². The molecule has 0 aliphatic heterocycles. The highest BCUT2D eigenvalue weighted by molar-refractivity contribution is 7.80. The summed E-state index contributed by atoms with van der Waals surface area (Å²) < 4.78 is 18.7. The van der Waals surface area contributed by atoms with Crippen LogP contribution in [0.15, 0.2) is 18.2 Å². The van der Waals surface area contributed by atoms with Crippen LogP contribution in [-0.4, -0.2) is 43.5 Å². The van der Waals surface area contributed by atoms with Crippen LogP contribution in [0.2, 0.25) is 0 Å². The smallest absolute Gasteiger partial charge is 0.135 e. The number of hydrogen-bond acceptors (Lipinski definition) is 4. The first-order valence-electron chi connectivity index (χ1n) is 5.55. The van der Waals surface area contributed by atoms with Gasteiger partial charge >= 0.3 is 0 Å². The lowest BCUT2D eigenvalue weighted by Gasteiger charge is -2.26. The lowest BCUT2D eigenvalue weighted by atomic mass is 10.1. The van der Waals surface area contributed by atoms with Crippen LogP contribution in [0.1, 0.15) is 5.56 Å². The Kier molecular flexibility index (Phi) is 5.97. The third-order valence-electron chi connectivity index (χ3n) is 2.51. The SMILES string of the molecule is COCCN(CCO)c1cccc(F)c1C(N)=S. The van der Waals surface area contributed by atoms with Crippen molar-refractivity contribution in [1.29, 1.82) is 0 Å². The molecular formula is C12H17FN2O2S. The average Bonchev–Trinajstić information content (AvgIpc) is 2.33. The number of anilines is 1. The van der Waals surface area contributed by atoms with Crippen molar-refractivity contribution in [3.05, 3.63) is 29.6 Å². The second-order valence-electron chi connectivity index (χ2n) is 3.70. The maximum Gasteiger partial charge on any atom is 0.135 e. The Balaban J connectivity index is 3.10. The molecule has 1 rings (SSSR count). The van der Waals surface area contributed by atoms with E-state index in [1.165, 1.54) is 6.07 Å². The van der Waals surface area contributed by atoms with Gasteiger partial charge in [0.1, 0.15) is 10.8 Å². The first-order chi connectivity index (χ1) is 8.61. The first-order valence-corrected chi connectivity index (χ1v) is 5.95.